The predicted octanol–water partition coefficient (Wildman–Crippen LogP) is 2.60. The van der Waals surface area contributed by atoms with Gasteiger partial charge >= 0.3 is 0 Å². The van der Waals surface area contributed by atoms with Gasteiger partial charge in [0.25, 0.3) is 5.56 Å². The first-order valence-electron chi connectivity index (χ1n) is 9.54. The number of para-hydroxylation sites is 1. The number of aryl methyl sites for hydroxylation is 1. The fraction of sp³-hybridized carbons (Fsp3) is 0.227. The Bertz CT molecular complexity index is 1280. The van der Waals surface area contributed by atoms with Crippen LogP contribution >= 0.6 is 0 Å². The average Bonchev–Trinajstić information content (AvgIpc) is 3.16. The summed E-state index contributed by atoms with van der Waals surface area (Å²) in [6.07, 6.45) is 1.66. The summed E-state index contributed by atoms with van der Waals surface area (Å²) in [4.78, 5) is 32.6. The molecule has 0 saturated heterocycles. The zero-order valence-corrected chi connectivity index (χ0v) is 16.8. The Morgan fingerprint density at radius 2 is 1.93 bits per heavy atom. The van der Waals surface area contributed by atoms with Crippen molar-refractivity contribution in [1.82, 2.24) is 19.9 Å². The molecule has 0 aliphatic rings. The molecular weight excluding hydrogens is 384 g/mol. The molecule has 0 fully saturated rings. The van der Waals surface area contributed by atoms with E-state index in [1.54, 1.807) is 20.3 Å². The molecule has 2 heterocycles. The lowest BCUT2D eigenvalue weighted by Gasteiger charge is -2.10. The van der Waals surface area contributed by atoms with Crippen LogP contribution in [0.5, 0.6) is 11.5 Å². The first kappa shape index (κ1) is 19.5. The summed E-state index contributed by atoms with van der Waals surface area (Å²) in [5, 5.41) is 3.76. The van der Waals surface area contributed by atoms with Gasteiger partial charge in [-0.25, -0.2) is 4.98 Å². The first-order valence-corrected chi connectivity index (χ1v) is 9.54. The van der Waals surface area contributed by atoms with Crippen molar-refractivity contribution >= 4 is 27.8 Å². The lowest BCUT2D eigenvalue weighted by molar-refractivity contribution is -0.121. The van der Waals surface area contributed by atoms with E-state index in [1.807, 2.05) is 36.4 Å². The molecule has 0 bridgehead atoms. The molecular formula is C22H22N4O4. The number of aromatic nitrogens is 3. The number of benzene rings is 2. The maximum Gasteiger partial charge on any atom is 0.277 e. The number of H-pyrrole nitrogens is 1. The van der Waals surface area contributed by atoms with Gasteiger partial charge in [0.05, 0.1) is 20.5 Å². The Morgan fingerprint density at radius 1 is 1.13 bits per heavy atom. The minimum Gasteiger partial charge on any atom is -0.493 e. The maximum atomic E-state index is 12.8. The Balaban J connectivity index is 1.41. The Hall–Kier alpha value is -3.81. The van der Waals surface area contributed by atoms with Crippen LogP contribution in [0.15, 0.2) is 53.6 Å². The number of hydrogen-bond donors (Lipinski definition) is 2. The average molecular weight is 406 g/mol. The molecule has 154 valence electrons. The Morgan fingerprint density at radius 3 is 2.73 bits per heavy atom. The van der Waals surface area contributed by atoms with E-state index in [9.17, 15) is 9.59 Å². The molecule has 4 rings (SSSR count). The van der Waals surface area contributed by atoms with Crippen molar-refractivity contribution in [2.75, 3.05) is 14.2 Å². The number of nitrogens with zero attached hydrogens (tertiary/aromatic N) is 2. The highest BCUT2D eigenvalue weighted by Crippen LogP contribution is 2.27. The predicted molar refractivity (Wildman–Crippen MR) is 114 cm³/mol. The standard InChI is InChI=1S/C22H22N4O4/c1-29-17-8-7-14(11-18(17)30-2)12-23-19(27)9-10-26-13-24-20-15-5-3-4-6-16(15)25-21(20)22(26)28/h3-8,11,13,25H,9-10,12H2,1-2H3,(H,23,27). The molecule has 0 spiro atoms. The van der Waals surface area contributed by atoms with E-state index in [2.05, 4.69) is 15.3 Å². The van der Waals surface area contributed by atoms with Crippen LogP contribution in [0.2, 0.25) is 0 Å². The van der Waals surface area contributed by atoms with Crippen molar-refractivity contribution in [1.29, 1.82) is 0 Å². The number of aromatic amines is 1. The molecule has 30 heavy (non-hydrogen) atoms. The van der Waals surface area contributed by atoms with Crippen LogP contribution in [0.25, 0.3) is 21.9 Å². The molecule has 2 N–H and O–H groups in total. The molecule has 0 aliphatic carbocycles. The monoisotopic (exact) mass is 406 g/mol. The number of carbonyl (C=O) groups excluding carboxylic acids is 1. The van der Waals surface area contributed by atoms with E-state index >= 15 is 0 Å². The van der Waals surface area contributed by atoms with Gasteiger partial charge in [-0.3, -0.25) is 14.2 Å². The number of hydrogen-bond acceptors (Lipinski definition) is 5. The number of amides is 1. The van der Waals surface area contributed by atoms with Gasteiger partial charge in [-0.1, -0.05) is 24.3 Å². The second-order valence-electron chi connectivity index (χ2n) is 6.85. The number of rotatable bonds is 7. The van der Waals surface area contributed by atoms with Gasteiger partial charge < -0.3 is 19.8 Å². The second kappa shape index (κ2) is 8.28. The van der Waals surface area contributed by atoms with Gasteiger partial charge in [-0.2, -0.15) is 0 Å². The van der Waals surface area contributed by atoms with Crippen molar-refractivity contribution in [3.8, 4) is 11.5 Å². The highest BCUT2D eigenvalue weighted by Gasteiger charge is 2.11. The topological polar surface area (TPSA) is 98.2 Å². The summed E-state index contributed by atoms with van der Waals surface area (Å²) in [5.74, 6) is 1.08. The Kier molecular flexibility index (Phi) is 5.38. The van der Waals surface area contributed by atoms with Crippen LogP contribution in [0.3, 0.4) is 0 Å². The van der Waals surface area contributed by atoms with Gasteiger partial charge in [-0.15, -0.1) is 0 Å². The second-order valence-corrected chi connectivity index (χ2v) is 6.85. The van der Waals surface area contributed by atoms with Crippen LogP contribution in [-0.2, 0) is 17.9 Å². The first-order chi connectivity index (χ1) is 14.6. The summed E-state index contributed by atoms with van der Waals surface area (Å²) in [6, 6.07) is 13.1. The van der Waals surface area contributed by atoms with Gasteiger partial charge in [-0.05, 0) is 23.8 Å². The van der Waals surface area contributed by atoms with Crippen molar-refractivity contribution in [3.05, 3.63) is 64.7 Å². The molecule has 0 atom stereocenters. The van der Waals surface area contributed by atoms with E-state index < -0.39 is 0 Å². The largest absolute Gasteiger partial charge is 0.493 e. The quantitative estimate of drug-likeness (QED) is 0.492. The summed E-state index contributed by atoms with van der Waals surface area (Å²) in [5.41, 5.74) is 2.65. The fourth-order valence-corrected chi connectivity index (χ4v) is 3.40. The van der Waals surface area contributed by atoms with Gasteiger partial charge in [0.2, 0.25) is 5.91 Å². The summed E-state index contributed by atoms with van der Waals surface area (Å²) in [6.45, 7) is 0.599. The van der Waals surface area contributed by atoms with E-state index in [4.69, 9.17) is 9.47 Å². The zero-order valence-electron chi connectivity index (χ0n) is 16.8. The normalized spacial score (nSPS) is 11.0. The fourth-order valence-electron chi connectivity index (χ4n) is 3.40. The van der Waals surface area contributed by atoms with Crippen molar-refractivity contribution in [2.45, 2.75) is 19.5 Å². The van der Waals surface area contributed by atoms with Gasteiger partial charge in [0.15, 0.2) is 11.5 Å². The molecule has 8 nitrogen and oxygen atoms in total. The van der Waals surface area contributed by atoms with Gasteiger partial charge in [0.1, 0.15) is 11.0 Å². The third-order valence-corrected chi connectivity index (χ3v) is 5.00. The smallest absolute Gasteiger partial charge is 0.277 e. The molecule has 0 saturated carbocycles. The number of fused-ring (bicyclic) bond motifs is 3. The van der Waals surface area contributed by atoms with Crippen LogP contribution in [-0.4, -0.2) is 34.7 Å². The third kappa shape index (κ3) is 3.71. The minimum absolute atomic E-state index is 0.159. The minimum atomic E-state index is -0.191. The van der Waals surface area contributed by atoms with E-state index in [0.29, 0.717) is 29.1 Å². The molecule has 2 aromatic carbocycles. The highest BCUT2D eigenvalue weighted by molar-refractivity contribution is 6.04. The molecule has 1 amide bonds. The molecule has 0 radical (unpaired) electrons. The van der Waals surface area contributed by atoms with Crippen LogP contribution in [0, 0.1) is 0 Å². The third-order valence-electron chi connectivity index (χ3n) is 5.00. The van der Waals surface area contributed by atoms with Crippen LogP contribution in [0.1, 0.15) is 12.0 Å². The SMILES string of the molecule is COc1ccc(CNC(=O)CCn2cnc3c([nH]c4ccccc43)c2=O)cc1OC. The van der Waals surface area contributed by atoms with Gasteiger partial charge in [0, 0.05) is 30.4 Å². The molecule has 2 aromatic heterocycles. The molecule has 8 heteroatoms. The van der Waals surface area contributed by atoms with Crippen molar-refractivity contribution < 1.29 is 14.3 Å². The van der Waals surface area contributed by atoms with Crippen molar-refractivity contribution in [3.63, 3.8) is 0 Å². The highest BCUT2D eigenvalue weighted by atomic mass is 16.5. The molecule has 0 aliphatic heterocycles. The Labute approximate surface area is 172 Å². The summed E-state index contributed by atoms with van der Waals surface area (Å²) in [7, 11) is 3.14. The number of nitrogens with one attached hydrogen (secondary N) is 2. The maximum absolute atomic E-state index is 12.8. The van der Waals surface area contributed by atoms with Crippen LogP contribution < -0.4 is 20.3 Å². The lowest BCUT2D eigenvalue weighted by Crippen LogP contribution is -2.27. The zero-order chi connectivity index (χ0) is 21.1. The number of methoxy groups -OCH3 is 2. The number of ether oxygens (including phenoxy) is 2. The van der Waals surface area contributed by atoms with E-state index in [-0.39, 0.29) is 24.4 Å². The van der Waals surface area contributed by atoms with E-state index in [0.717, 1.165) is 16.5 Å². The number of carbonyl (C=O) groups is 1. The summed E-state index contributed by atoms with van der Waals surface area (Å²) >= 11 is 0. The van der Waals surface area contributed by atoms with Crippen molar-refractivity contribution in [2.24, 2.45) is 0 Å². The van der Waals surface area contributed by atoms with Crippen LogP contribution in [0.4, 0.5) is 0 Å². The molecule has 4 aromatic rings. The summed E-state index contributed by atoms with van der Waals surface area (Å²) < 4.78 is 11.9. The van der Waals surface area contributed by atoms with E-state index in [1.165, 1.54) is 10.9 Å². The lowest BCUT2D eigenvalue weighted by atomic mass is 10.2. The molecule has 0 unspecified atom stereocenters.